The van der Waals surface area contributed by atoms with Crippen LogP contribution in [0.15, 0.2) is 18.2 Å². The van der Waals surface area contributed by atoms with Crippen LogP contribution in [0.1, 0.15) is 44.2 Å². The van der Waals surface area contributed by atoms with Gasteiger partial charge in [0.15, 0.2) is 0 Å². The average molecular weight is 388 g/mol. The molecule has 0 radical (unpaired) electrons. The van der Waals surface area contributed by atoms with E-state index in [0.29, 0.717) is 39.1 Å². The topological polar surface area (TPSA) is 61.9 Å². The zero-order chi connectivity index (χ0) is 19.9. The van der Waals surface area contributed by atoms with E-state index >= 15 is 0 Å². The van der Waals surface area contributed by atoms with Crippen LogP contribution in [-0.2, 0) is 22.6 Å². The van der Waals surface area contributed by atoms with Gasteiger partial charge < -0.3 is 19.9 Å². The fourth-order valence-electron chi connectivity index (χ4n) is 3.62. The van der Waals surface area contributed by atoms with Crippen molar-refractivity contribution in [2.45, 2.75) is 46.1 Å². The van der Waals surface area contributed by atoms with Crippen LogP contribution < -0.4 is 10.1 Å². The molecule has 6 nitrogen and oxygen atoms in total. The molecule has 28 heavy (non-hydrogen) atoms. The van der Waals surface area contributed by atoms with Crippen molar-refractivity contribution in [3.63, 3.8) is 0 Å². The molecule has 0 unspecified atom stereocenters. The molecule has 1 aliphatic heterocycles. The number of hydrogen-bond acceptors (Lipinski definition) is 4. The number of rotatable bonds is 9. The van der Waals surface area contributed by atoms with Crippen molar-refractivity contribution in [2.75, 3.05) is 39.3 Å². The lowest BCUT2D eigenvalue weighted by molar-refractivity contribution is -0.133. The number of nitrogens with zero attached hydrogens (tertiary/aromatic N) is 2. The van der Waals surface area contributed by atoms with E-state index in [4.69, 9.17) is 4.74 Å². The minimum absolute atomic E-state index is 0.0869. The minimum atomic E-state index is 0.0869. The van der Waals surface area contributed by atoms with Gasteiger partial charge in [-0.1, -0.05) is 26.0 Å². The first-order valence-corrected chi connectivity index (χ1v) is 10.6. The number of ether oxygens (including phenoxy) is 1. The van der Waals surface area contributed by atoms with Gasteiger partial charge in [-0.2, -0.15) is 0 Å². The molecule has 0 saturated heterocycles. The van der Waals surface area contributed by atoms with Crippen LogP contribution in [0.2, 0.25) is 0 Å². The van der Waals surface area contributed by atoms with Gasteiger partial charge in [0.2, 0.25) is 11.8 Å². The standard InChI is InChI=1S/C22H33N3O3/c1-3-24(4-2)12-11-23-21(26)10-6-17-5-9-20-19(15-17)16-25(13-14-28-20)22(27)18-7-8-18/h5,9,15,18H,3-4,6-8,10-14,16H2,1-2H3,(H,23,26). The van der Waals surface area contributed by atoms with E-state index in [1.807, 2.05) is 17.0 Å². The Morgan fingerprint density at radius 2 is 2.04 bits per heavy atom. The molecule has 2 aliphatic rings. The predicted molar refractivity (Wildman–Crippen MR) is 109 cm³/mol. The Morgan fingerprint density at radius 3 is 2.75 bits per heavy atom. The Hall–Kier alpha value is -2.08. The highest BCUT2D eigenvalue weighted by Crippen LogP contribution is 2.33. The summed E-state index contributed by atoms with van der Waals surface area (Å²) in [4.78, 5) is 28.8. The molecule has 0 atom stereocenters. The third-order valence-corrected chi connectivity index (χ3v) is 5.63. The first-order valence-electron chi connectivity index (χ1n) is 10.6. The predicted octanol–water partition coefficient (Wildman–Crippen LogP) is 2.21. The molecule has 1 heterocycles. The van der Waals surface area contributed by atoms with Crippen LogP contribution in [0, 0.1) is 5.92 Å². The van der Waals surface area contributed by atoms with Gasteiger partial charge in [-0.05, 0) is 44.0 Å². The van der Waals surface area contributed by atoms with E-state index in [9.17, 15) is 9.59 Å². The maximum atomic E-state index is 12.4. The van der Waals surface area contributed by atoms with Crippen molar-refractivity contribution in [1.82, 2.24) is 15.1 Å². The van der Waals surface area contributed by atoms with E-state index in [1.165, 1.54) is 0 Å². The van der Waals surface area contributed by atoms with Crippen LogP contribution in [-0.4, -0.2) is 60.9 Å². The molecule has 1 saturated carbocycles. The normalized spacial score (nSPS) is 16.3. The van der Waals surface area contributed by atoms with Crippen LogP contribution >= 0.6 is 0 Å². The summed E-state index contributed by atoms with van der Waals surface area (Å²) in [5, 5.41) is 3.01. The number of benzene rings is 1. The van der Waals surface area contributed by atoms with Crippen molar-refractivity contribution >= 4 is 11.8 Å². The fourth-order valence-corrected chi connectivity index (χ4v) is 3.62. The zero-order valence-electron chi connectivity index (χ0n) is 17.2. The van der Waals surface area contributed by atoms with Gasteiger partial charge >= 0.3 is 0 Å². The van der Waals surface area contributed by atoms with Crippen LogP contribution in [0.25, 0.3) is 0 Å². The fraction of sp³-hybridized carbons (Fsp3) is 0.636. The lowest BCUT2D eigenvalue weighted by atomic mass is 10.0. The lowest BCUT2D eigenvalue weighted by Crippen LogP contribution is -2.34. The van der Waals surface area contributed by atoms with Gasteiger partial charge in [-0.25, -0.2) is 0 Å². The van der Waals surface area contributed by atoms with Crippen LogP contribution in [0.5, 0.6) is 5.75 Å². The van der Waals surface area contributed by atoms with Crippen LogP contribution in [0.4, 0.5) is 0 Å². The second-order valence-electron chi connectivity index (χ2n) is 7.70. The maximum Gasteiger partial charge on any atom is 0.226 e. The van der Waals surface area contributed by atoms with Gasteiger partial charge in [0.1, 0.15) is 12.4 Å². The molecule has 2 amide bonds. The quantitative estimate of drug-likeness (QED) is 0.706. The Labute approximate surface area is 168 Å². The molecule has 6 heteroatoms. The van der Waals surface area contributed by atoms with Crippen molar-refractivity contribution < 1.29 is 14.3 Å². The van der Waals surface area contributed by atoms with Gasteiger partial charge in [0.05, 0.1) is 6.54 Å². The van der Waals surface area contributed by atoms with Gasteiger partial charge in [-0.3, -0.25) is 9.59 Å². The highest BCUT2D eigenvalue weighted by atomic mass is 16.5. The maximum absolute atomic E-state index is 12.4. The molecule has 1 aromatic carbocycles. The average Bonchev–Trinajstić information content (AvgIpc) is 3.55. The summed E-state index contributed by atoms with van der Waals surface area (Å²) in [6.07, 6.45) is 3.21. The molecule has 1 aromatic rings. The highest BCUT2D eigenvalue weighted by molar-refractivity contribution is 5.81. The van der Waals surface area contributed by atoms with Crippen molar-refractivity contribution in [1.29, 1.82) is 0 Å². The second kappa shape index (κ2) is 9.92. The van der Waals surface area contributed by atoms with E-state index in [1.54, 1.807) is 0 Å². The first kappa shape index (κ1) is 20.6. The number of carbonyl (C=O) groups excluding carboxylic acids is 2. The molecule has 1 aliphatic carbocycles. The molecular weight excluding hydrogens is 354 g/mol. The van der Waals surface area contributed by atoms with Gasteiger partial charge in [0.25, 0.3) is 0 Å². The third-order valence-electron chi connectivity index (χ3n) is 5.63. The number of carbonyl (C=O) groups is 2. The van der Waals surface area contributed by atoms with E-state index in [0.717, 1.165) is 49.4 Å². The summed E-state index contributed by atoms with van der Waals surface area (Å²) in [6, 6.07) is 6.10. The molecule has 0 spiro atoms. The highest BCUT2D eigenvalue weighted by Gasteiger charge is 2.34. The van der Waals surface area contributed by atoms with Crippen molar-refractivity contribution in [2.24, 2.45) is 5.92 Å². The molecule has 0 aromatic heterocycles. The van der Waals surface area contributed by atoms with E-state index < -0.39 is 0 Å². The monoisotopic (exact) mass is 387 g/mol. The SMILES string of the molecule is CCN(CC)CCNC(=O)CCc1ccc2c(c1)CN(C(=O)C1CC1)CCO2. The summed E-state index contributed by atoms with van der Waals surface area (Å²) < 4.78 is 5.83. The summed E-state index contributed by atoms with van der Waals surface area (Å²) >= 11 is 0. The Balaban J connectivity index is 1.50. The zero-order valence-corrected chi connectivity index (χ0v) is 17.2. The Bertz CT molecular complexity index is 684. The van der Waals surface area contributed by atoms with Crippen LogP contribution in [0.3, 0.4) is 0 Å². The molecule has 3 rings (SSSR count). The molecule has 1 N–H and O–H groups in total. The molecule has 154 valence electrons. The summed E-state index contributed by atoms with van der Waals surface area (Å²) in [5.41, 5.74) is 2.16. The summed E-state index contributed by atoms with van der Waals surface area (Å²) in [7, 11) is 0. The largest absolute Gasteiger partial charge is 0.491 e. The first-order chi connectivity index (χ1) is 13.6. The Kier molecular flexibility index (Phi) is 7.31. The smallest absolute Gasteiger partial charge is 0.226 e. The molecule has 1 fully saturated rings. The summed E-state index contributed by atoms with van der Waals surface area (Å²) in [5.74, 6) is 1.43. The number of amides is 2. The number of hydrogen-bond donors (Lipinski definition) is 1. The number of aryl methyl sites for hydroxylation is 1. The van der Waals surface area contributed by atoms with E-state index in [-0.39, 0.29) is 17.7 Å². The minimum Gasteiger partial charge on any atom is -0.491 e. The third kappa shape index (κ3) is 5.71. The van der Waals surface area contributed by atoms with Crippen molar-refractivity contribution in [3.05, 3.63) is 29.3 Å². The molecular formula is C22H33N3O3. The molecule has 0 bridgehead atoms. The number of nitrogens with one attached hydrogen (secondary N) is 1. The number of likely N-dealkylation sites (N-methyl/N-ethyl adjacent to an activating group) is 1. The van der Waals surface area contributed by atoms with Gasteiger partial charge in [0, 0.05) is 37.5 Å². The van der Waals surface area contributed by atoms with Crippen molar-refractivity contribution in [3.8, 4) is 5.75 Å². The van der Waals surface area contributed by atoms with Gasteiger partial charge in [-0.15, -0.1) is 0 Å². The summed E-state index contributed by atoms with van der Waals surface area (Å²) in [6.45, 7) is 9.65. The number of fused-ring (bicyclic) bond motifs is 1. The lowest BCUT2D eigenvalue weighted by Gasteiger charge is -2.19. The Morgan fingerprint density at radius 1 is 1.25 bits per heavy atom. The second-order valence-corrected chi connectivity index (χ2v) is 7.70. The van der Waals surface area contributed by atoms with E-state index in [2.05, 4.69) is 30.1 Å².